The molecule has 0 spiro atoms. The maximum Gasteiger partial charge on any atom is 0.314 e. The lowest BCUT2D eigenvalue weighted by Crippen LogP contribution is -2.25. The molecule has 0 radical (unpaired) electrons. The lowest BCUT2D eigenvalue weighted by molar-refractivity contribution is 0.124. The minimum atomic E-state index is -0.658. The molecule has 0 saturated heterocycles. The molecule has 1 aromatic rings. The molecule has 5 nitrogen and oxygen atoms in total. The molecule has 62 valence electrons. The third-order valence-corrected chi connectivity index (χ3v) is 1.32. The highest BCUT2D eigenvalue weighted by atomic mass is 16.5. The van der Waals surface area contributed by atoms with Gasteiger partial charge < -0.3 is 5.21 Å². The van der Waals surface area contributed by atoms with Crippen molar-refractivity contribution in [1.82, 2.24) is 15.2 Å². The predicted molar refractivity (Wildman–Crippen MR) is 43.7 cm³/mol. The second kappa shape index (κ2) is 3.00. The van der Waals surface area contributed by atoms with Crippen LogP contribution in [0.15, 0.2) is 18.0 Å². The van der Waals surface area contributed by atoms with E-state index in [2.05, 4.69) is 23.5 Å². The summed E-state index contributed by atoms with van der Waals surface area (Å²) in [5.74, 6) is 0. The SMILES string of the molecule is C=Cc1nnn(O)c(=O)c1C=C. The van der Waals surface area contributed by atoms with E-state index in [1.807, 2.05) is 0 Å². The van der Waals surface area contributed by atoms with Gasteiger partial charge in [-0.05, 0) is 16.1 Å². The molecule has 0 aliphatic rings. The molecule has 1 N–H and O–H groups in total. The highest BCUT2D eigenvalue weighted by Gasteiger charge is 2.05. The summed E-state index contributed by atoms with van der Waals surface area (Å²) in [6.45, 7) is 6.83. The average molecular weight is 165 g/mol. The molecule has 0 saturated carbocycles. The van der Waals surface area contributed by atoms with Gasteiger partial charge in [-0.15, -0.1) is 5.10 Å². The molecule has 0 aromatic carbocycles. The second-order valence-corrected chi connectivity index (χ2v) is 1.99. The van der Waals surface area contributed by atoms with Crippen LogP contribution in [0.4, 0.5) is 0 Å². The lowest BCUT2D eigenvalue weighted by atomic mass is 10.2. The molecule has 0 amide bonds. The number of hydrogen-bond acceptors (Lipinski definition) is 4. The molecular formula is C7H7N3O2. The normalized spacial score (nSPS) is 9.33. The van der Waals surface area contributed by atoms with Gasteiger partial charge >= 0.3 is 5.56 Å². The molecule has 0 bridgehead atoms. The quantitative estimate of drug-likeness (QED) is 0.634. The van der Waals surface area contributed by atoms with Gasteiger partial charge in [-0.2, -0.15) is 0 Å². The number of rotatable bonds is 2. The van der Waals surface area contributed by atoms with Crippen LogP contribution >= 0.6 is 0 Å². The maximum atomic E-state index is 11.1. The van der Waals surface area contributed by atoms with Gasteiger partial charge in [0.05, 0.1) is 11.3 Å². The summed E-state index contributed by atoms with van der Waals surface area (Å²) in [5, 5.41) is 15.5. The monoisotopic (exact) mass is 165 g/mol. The Bertz CT molecular complexity index is 381. The fourth-order valence-electron chi connectivity index (χ4n) is 0.745. The lowest BCUT2D eigenvalue weighted by Gasteiger charge is -1.97. The molecule has 0 aliphatic heterocycles. The molecule has 0 fully saturated rings. The van der Waals surface area contributed by atoms with Crippen LogP contribution in [-0.2, 0) is 0 Å². The van der Waals surface area contributed by atoms with E-state index in [1.165, 1.54) is 12.2 Å². The van der Waals surface area contributed by atoms with Gasteiger partial charge in [-0.25, -0.2) is 0 Å². The Kier molecular flexibility index (Phi) is 2.05. The highest BCUT2D eigenvalue weighted by Crippen LogP contribution is 2.00. The first kappa shape index (κ1) is 8.19. The van der Waals surface area contributed by atoms with E-state index in [9.17, 15) is 4.79 Å². The summed E-state index contributed by atoms with van der Waals surface area (Å²) >= 11 is 0. The van der Waals surface area contributed by atoms with Crippen molar-refractivity contribution in [2.75, 3.05) is 0 Å². The summed E-state index contributed by atoms with van der Waals surface area (Å²) in [7, 11) is 0. The third-order valence-electron chi connectivity index (χ3n) is 1.32. The molecule has 5 heteroatoms. The van der Waals surface area contributed by atoms with Gasteiger partial charge in [-0.1, -0.05) is 19.2 Å². The smallest absolute Gasteiger partial charge is 0.314 e. The van der Waals surface area contributed by atoms with E-state index >= 15 is 0 Å². The Hall–Kier alpha value is -1.91. The van der Waals surface area contributed by atoms with Crippen molar-refractivity contribution >= 4 is 12.2 Å². The van der Waals surface area contributed by atoms with Gasteiger partial charge in [0.15, 0.2) is 0 Å². The topological polar surface area (TPSA) is 68.0 Å². The molecule has 1 heterocycles. The van der Waals surface area contributed by atoms with E-state index in [0.717, 1.165) is 0 Å². The van der Waals surface area contributed by atoms with E-state index in [-0.39, 0.29) is 10.4 Å². The molecule has 0 unspecified atom stereocenters. The largest absolute Gasteiger partial charge is 0.407 e. The summed E-state index contributed by atoms with van der Waals surface area (Å²) in [5.41, 5.74) is -0.169. The van der Waals surface area contributed by atoms with Crippen molar-refractivity contribution in [3.8, 4) is 0 Å². The van der Waals surface area contributed by atoms with E-state index in [4.69, 9.17) is 5.21 Å². The molecule has 1 aromatic heterocycles. The van der Waals surface area contributed by atoms with Crippen LogP contribution < -0.4 is 5.56 Å². The van der Waals surface area contributed by atoms with Crippen LogP contribution in [0.3, 0.4) is 0 Å². The van der Waals surface area contributed by atoms with Gasteiger partial charge in [0, 0.05) is 0 Å². The summed E-state index contributed by atoms with van der Waals surface area (Å²) in [4.78, 5) is 11.2. The number of aromatic nitrogens is 3. The minimum absolute atomic E-state index is 0.157. The first-order valence-electron chi connectivity index (χ1n) is 3.15. The highest BCUT2D eigenvalue weighted by molar-refractivity contribution is 5.58. The molecular weight excluding hydrogens is 158 g/mol. The van der Waals surface area contributed by atoms with Crippen molar-refractivity contribution in [1.29, 1.82) is 0 Å². The van der Waals surface area contributed by atoms with Crippen molar-refractivity contribution < 1.29 is 5.21 Å². The van der Waals surface area contributed by atoms with E-state index < -0.39 is 5.56 Å². The van der Waals surface area contributed by atoms with Crippen LogP contribution in [0.1, 0.15) is 11.3 Å². The summed E-state index contributed by atoms with van der Waals surface area (Å²) < 4.78 is 0. The van der Waals surface area contributed by atoms with Crippen molar-refractivity contribution in [3.05, 3.63) is 34.8 Å². The maximum absolute atomic E-state index is 11.1. The zero-order valence-electron chi connectivity index (χ0n) is 6.27. The minimum Gasteiger partial charge on any atom is -0.407 e. The van der Waals surface area contributed by atoms with Gasteiger partial charge in [0.25, 0.3) is 0 Å². The number of nitrogens with zero attached hydrogens (tertiary/aromatic N) is 3. The molecule has 0 atom stereocenters. The molecule has 12 heavy (non-hydrogen) atoms. The Labute approximate surface area is 68.2 Å². The Morgan fingerprint density at radius 3 is 2.58 bits per heavy atom. The summed E-state index contributed by atoms with van der Waals surface area (Å²) in [6.07, 6.45) is 2.66. The third kappa shape index (κ3) is 1.12. The van der Waals surface area contributed by atoms with Crippen LogP contribution in [0.5, 0.6) is 0 Å². The first-order valence-corrected chi connectivity index (χ1v) is 3.15. The second-order valence-electron chi connectivity index (χ2n) is 1.99. The van der Waals surface area contributed by atoms with E-state index in [1.54, 1.807) is 0 Å². The standard InChI is InChI=1S/C7H7N3O2/c1-3-5-6(4-2)8-9-10(12)7(5)11/h3-4,12H,1-2H2. The van der Waals surface area contributed by atoms with Gasteiger partial charge in [0.2, 0.25) is 0 Å². The van der Waals surface area contributed by atoms with Crippen molar-refractivity contribution in [3.63, 3.8) is 0 Å². The van der Waals surface area contributed by atoms with Crippen LogP contribution in [-0.4, -0.2) is 20.4 Å². The number of hydrogen-bond donors (Lipinski definition) is 1. The average Bonchev–Trinajstić information content (AvgIpc) is 2.09. The molecule has 1 rings (SSSR count). The zero-order valence-corrected chi connectivity index (χ0v) is 6.27. The Morgan fingerprint density at radius 2 is 2.08 bits per heavy atom. The van der Waals surface area contributed by atoms with Crippen LogP contribution in [0.25, 0.3) is 12.2 Å². The first-order chi connectivity index (χ1) is 5.70. The van der Waals surface area contributed by atoms with Crippen LogP contribution in [0.2, 0.25) is 0 Å². The molecule has 0 aliphatic carbocycles. The summed E-state index contributed by atoms with van der Waals surface area (Å²) in [6, 6.07) is 0. The Balaban J connectivity index is 3.56. The fraction of sp³-hybridized carbons (Fsp3) is 0. The van der Waals surface area contributed by atoms with E-state index in [0.29, 0.717) is 5.69 Å². The zero-order chi connectivity index (χ0) is 9.14. The van der Waals surface area contributed by atoms with Crippen LogP contribution in [0, 0.1) is 0 Å². The van der Waals surface area contributed by atoms with Gasteiger partial charge in [0.1, 0.15) is 0 Å². The van der Waals surface area contributed by atoms with Gasteiger partial charge in [-0.3, -0.25) is 4.79 Å². The van der Waals surface area contributed by atoms with Crippen molar-refractivity contribution in [2.24, 2.45) is 0 Å². The fourth-order valence-corrected chi connectivity index (χ4v) is 0.745. The predicted octanol–water partition coefficient (Wildman–Crippen LogP) is 0.162. The Morgan fingerprint density at radius 1 is 1.42 bits per heavy atom. The van der Waals surface area contributed by atoms with Crippen molar-refractivity contribution in [2.45, 2.75) is 0 Å².